The van der Waals surface area contributed by atoms with Crippen molar-refractivity contribution in [1.82, 2.24) is 10.3 Å². The zero-order chi connectivity index (χ0) is 14.4. The van der Waals surface area contributed by atoms with Gasteiger partial charge in [0.15, 0.2) is 0 Å². The van der Waals surface area contributed by atoms with E-state index < -0.39 is 0 Å². The fourth-order valence-electron chi connectivity index (χ4n) is 2.09. The smallest absolute Gasteiger partial charge is 0.123 e. The van der Waals surface area contributed by atoms with E-state index in [0.29, 0.717) is 0 Å². The largest absolute Gasteiger partial charge is 0.366 e. The maximum absolute atomic E-state index is 13.0. The van der Waals surface area contributed by atoms with Gasteiger partial charge in [0, 0.05) is 25.0 Å². The minimum atomic E-state index is -0.209. The minimum Gasteiger partial charge on any atom is -0.366 e. The molecule has 0 aliphatic carbocycles. The van der Waals surface area contributed by atoms with Crippen molar-refractivity contribution in [3.8, 4) is 0 Å². The van der Waals surface area contributed by atoms with E-state index in [9.17, 15) is 4.39 Å². The van der Waals surface area contributed by atoms with Crippen LogP contribution in [0.1, 0.15) is 18.2 Å². The first kappa shape index (κ1) is 14.5. The Labute approximate surface area is 119 Å². The summed E-state index contributed by atoms with van der Waals surface area (Å²) >= 11 is 0. The second-order valence-electron chi connectivity index (χ2n) is 4.68. The first-order chi connectivity index (χ1) is 9.72. The number of nitrogens with zero attached hydrogens (tertiary/aromatic N) is 2. The Morgan fingerprint density at radius 1 is 1.15 bits per heavy atom. The van der Waals surface area contributed by atoms with E-state index in [-0.39, 0.29) is 5.82 Å². The summed E-state index contributed by atoms with van der Waals surface area (Å²) in [6.45, 7) is 4.48. The van der Waals surface area contributed by atoms with Gasteiger partial charge in [-0.15, -0.1) is 0 Å². The molecule has 1 aromatic carbocycles. The number of rotatable bonds is 6. The highest BCUT2D eigenvalue weighted by atomic mass is 19.1. The van der Waals surface area contributed by atoms with Crippen LogP contribution in [0.15, 0.2) is 42.6 Å². The number of nitrogens with one attached hydrogen (secondary N) is 1. The summed E-state index contributed by atoms with van der Waals surface area (Å²) in [5.41, 5.74) is 3.19. The third-order valence-electron chi connectivity index (χ3n) is 3.19. The normalized spacial score (nSPS) is 10.6. The monoisotopic (exact) mass is 273 g/mol. The van der Waals surface area contributed by atoms with Crippen molar-refractivity contribution in [2.75, 3.05) is 18.5 Å². The molecule has 20 heavy (non-hydrogen) atoms. The van der Waals surface area contributed by atoms with Crippen molar-refractivity contribution in [2.24, 2.45) is 0 Å². The molecule has 0 atom stereocenters. The molecule has 106 valence electrons. The summed E-state index contributed by atoms with van der Waals surface area (Å²) in [5.74, 6) is -0.209. The lowest BCUT2D eigenvalue weighted by atomic mass is 10.2. The second kappa shape index (κ2) is 7.01. The lowest BCUT2D eigenvalue weighted by Gasteiger charge is -2.22. The number of anilines is 1. The Bertz CT molecular complexity index is 522. The van der Waals surface area contributed by atoms with E-state index in [4.69, 9.17) is 0 Å². The van der Waals surface area contributed by atoms with Crippen LogP contribution in [0.5, 0.6) is 0 Å². The van der Waals surface area contributed by atoms with Crippen molar-refractivity contribution in [2.45, 2.75) is 20.0 Å². The first-order valence-corrected chi connectivity index (χ1v) is 6.82. The summed E-state index contributed by atoms with van der Waals surface area (Å²) < 4.78 is 13.0. The number of halogens is 1. The van der Waals surface area contributed by atoms with Gasteiger partial charge in [-0.05, 0) is 49.9 Å². The quantitative estimate of drug-likeness (QED) is 0.877. The van der Waals surface area contributed by atoms with Gasteiger partial charge < -0.3 is 10.2 Å². The van der Waals surface area contributed by atoms with E-state index in [1.165, 1.54) is 17.7 Å². The molecule has 0 aliphatic heterocycles. The SMILES string of the molecule is CCN(Cc1ccc(CNC)cn1)c1ccc(F)cc1. The Morgan fingerprint density at radius 2 is 1.90 bits per heavy atom. The van der Waals surface area contributed by atoms with Crippen LogP contribution >= 0.6 is 0 Å². The molecule has 0 spiro atoms. The zero-order valence-electron chi connectivity index (χ0n) is 11.9. The molecule has 2 aromatic rings. The van der Waals surface area contributed by atoms with Crippen molar-refractivity contribution >= 4 is 5.69 Å². The van der Waals surface area contributed by atoms with Gasteiger partial charge in [-0.2, -0.15) is 0 Å². The molecule has 0 fully saturated rings. The summed E-state index contributed by atoms with van der Waals surface area (Å²) in [7, 11) is 1.92. The summed E-state index contributed by atoms with van der Waals surface area (Å²) in [4.78, 5) is 6.64. The van der Waals surface area contributed by atoms with Gasteiger partial charge in [0.05, 0.1) is 12.2 Å². The molecule has 1 heterocycles. The van der Waals surface area contributed by atoms with Gasteiger partial charge in [-0.3, -0.25) is 4.98 Å². The van der Waals surface area contributed by atoms with Crippen molar-refractivity contribution in [1.29, 1.82) is 0 Å². The highest BCUT2D eigenvalue weighted by Crippen LogP contribution is 2.17. The first-order valence-electron chi connectivity index (χ1n) is 6.82. The average Bonchev–Trinajstić information content (AvgIpc) is 2.48. The number of hydrogen-bond acceptors (Lipinski definition) is 3. The Morgan fingerprint density at radius 3 is 2.45 bits per heavy atom. The van der Waals surface area contributed by atoms with Crippen LogP contribution in [0.4, 0.5) is 10.1 Å². The van der Waals surface area contributed by atoms with Gasteiger partial charge in [-0.25, -0.2) is 4.39 Å². The molecular formula is C16H20FN3. The van der Waals surface area contributed by atoms with Crippen LogP contribution in [-0.4, -0.2) is 18.6 Å². The molecule has 0 bridgehead atoms. The highest BCUT2D eigenvalue weighted by Gasteiger charge is 2.06. The fraction of sp³-hybridized carbons (Fsp3) is 0.312. The van der Waals surface area contributed by atoms with E-state index >= 15 is 0 Å². The number of benzene rings is 1. The second-order valence-corrected chi connectivity index (χ2v) is 4.68. The molecule has 0 aliphatic rings. The lowest BCUT2D eigenvalue weighted by Crippen LogP contribution is -2.22. The van der Waals surface area contributed by atoms with E-state index in [0.717, 1.165) is 31.0 Å². The molecular weight excluding hydrogens is 253 g/mol. The number of pyridine rings is 1. The molecule has 0 saturated carbocycles. The molecule has 2 rings (SSSR count). The minimum absolute atomic E-state index is 0.209. The zero-order valence-corrected chi connectivity index (χ0v) is 11.9. The maximum Gasteiger partial charge on any atom is 0.123 e. The summed E-state index contributed by atoms with van der Waals surface area (Å²) in [6.07, 6.45) is 1.89. The molecule has 1 N–H and O–H groups in total. The predicted octanol–water partition coefficient (Wildman–Crippen LogP) is 2.97. The summed E-state index contributed by atoms with van der Waals surface area (Å²) in [6, 6.07) is 10.7. The molecule has 3 nitrogen and oxygen atoms in total. The molecule has 4 heteroatoms. The van der Waals surface area contributed by atoms with Gasteiger partial charge in [0.25, 0.3) is 0 Å². The molecule has 0 amide bonds. The van der Waals surface area contributed by atoms with E-state index in [1.54, 1.807) is 12.1 Å². The Balaban J connectivity index is 2.07. The molecule has 0 radical (unpaired) electrons. The van der Waals surface area contributed by atoms with Gasteiger partial charge in [0.2, 0.25) is 0 Å². The van der Waals surface area contributed by atoms with Crippen molar-refractivity contribution in [3.05, 3.63) is 59.7 Å². The van der Waals surface area contributed by atoms with Crippen LogP contribution in [0.2, 0.25) is 0 Å². The number of aromatic nitrogens is 1. The highest BCUT2D eigenvalue weighted by molar-refractivity contribution is 5.46. The van der Waals surface area contributed by atoms with Crippen LogP contribution in [0.3, 0.4) is 0 Å². The molecule has 1 aromatic heterocycles. The molecule has 0 unspecified atom stereocenters. The van der Waals surface area contributed by atoms with E-state index in [2.05, 4.69) is 28.2 Å². The Kier molecular flexibility index (Phi) is 5.07. The average molecular weight is 273 g/mol. The summed E-state index contributed by atoms with van der Waals surface area (Å²) in [5, 5.41) is 3.10. The van der Waals surface area contributed by atoms with Crippen LogP contribution < -0.4 is 10.2 Å². The van der Waals surface area contributed by atoms with E-state index in [1.807, 2.05) is 19.3 Å². The third kappa shape index (κ3) is 3.78. The standard InChI is InChI=1S/C16H20FN3/c1-3-20(16-8-5-14(17)6-9-16)12-15-7-4-13(10-18-2)11-19-15/h4-9,11,18H,3,10,12H2,1-2H3. The maximum atomic E-state index is 13.0. The lowest BCUT2D eigenvalue weighted by molar-refractivity contribution is 0.627. The third-order valence-corrected chi connectivity index (χ3v) is 3.19. The van der Waals surface area contributed by atoms with Crippen LogP contribution in [0, 0.1) is 5.82 Å². The molecule has 0 saturated heterocycles. The van der Waals surface area contributed by atoms with Crippen molar-refractivity contribution < 1.29 is 4.39 Å². The van der Waals surface area contributed by atoms with Crippen LogP contribution in [-0.2, 0) is 13.1 Å². The predicted molar refractivity (Wildman–Crippen MR) is 80.1 cm³/mol. The Hall–Kier alpha value is -1.94. The fourth-order valence-corrected chi connectivity index (χ4v) is 2.09. The number of hydrogen-bond donors (Lipinski definition) is 1. The van der Waals surface area contributed by atoms with Gasteiger partial charge in [0.1, 0.15) is 5.82 Å². The van der Waals surface area contributed by atoms with Crippen LogP contribution in [0.25, 0.3) is 0 Å². The van der Waals surface area contributed by atoms with Gasteiger partial charge >= 0.3 is 0 Å². The van der Waals surface area contributed by atoms with Gasteiger partial charge in [-0.1, -0.05) is 6.07 Å². The van der Waals surface area contributed by atoms with Crippen molar-refractivity contribution in [3.63, 3.8) is 0 Å². The topological polar surface area (TPSA) is 28.2 Å².